The summed E-state index contributed by atoms with van der Waals surface area (Å²) in [5.74, 6) is -0.507. The summed E-state index contributed by atoms with van der Waals surface area (Å²) in [6.45, 7) is 10.6. The number of ether oxygens (including phenoxy) is 1. The van der Waals surface area contributed by atoms with Gasteiger partial charge in [-0.1, -0.05) is 20.8 Å². The maximum absolute atomic E-state index is 12.1. The molecule has 110 valence electrons. The second-order valence-electron chi connectivity index (χ2n) is 6.90. The molecular formula is C16H22O4. The Kier molecular flexibility index (Phi) is 4.27. The van der Waals surface area contributed by atoms with Crippen LogP contribution in [0.5, 0.6) is 11.5 Å². The first-order valence-electron chi connectivity index (χ1n) is 6.53. The van der Waals surface area contributed by atoms with Gasteiger partial charge in [0.05, 0.1) is 11.0 Å². The fourth-order valence-electron chi connectivity index (χ4n) is 1.43. The van der Waals surface area contributed by atoms with Crippen molar-refractivity contribution in [3.05, 3.63) is 23.8 Å². The molecule has 4 heteroatoms. The zero-order chi connectivity index (χ0) is 15.7. The lowest BCUT2D eigenvalue weighted by atomic mass is 9.86. The standard InChI is InChI=1S/C16H22O4/c1-15(2,3)13(18)11-8-7-10(9-12(11)17)20-14(19)16(4,5)6/h7-9,17H,1-6H3. The number of benzene rings is 1. The van der Waals surface area contributed by atoms with Gasteiger partial charge >= 0.3 is 5.97 Å². The third-order valence-electron chi connectivity index (χ3n) is 2.72. The van der Waals surface area contributed by atoms with Gasteiger partial charge in [-0.2, -0.15) is 0 Å². The molecule has 1 rings (SSSR count). The molecule has 0 aliphatic heterocycles. The largest absolute Gasteiger partial charge is 0.507 e. The van der Waals surface area contributed by atoms with Gasteiger partial charge in [-0.25, -0.2) is 0 Å². The van der Waals surface area contributed by atoms with E-state index in [9.17, 15) is 14.7 Å². The smallest absolute Gasteiger partial charge is 0.316 e. The van der Waals surface area contributed by atoms with Crippen molar-refractivity contribution in [2.75, 3.05) is 0 Å². The van der Waals surface area contributed by atoms with E-state index in [0.29, 0.717) is 0 Å². The van der Waals surface area contributed by atoms with Gasteiger partial charge in [-0.05, 0) is 32.9 Å². The fraction of sp³-hybridized carbons (Fsp3) is 0.500. The van der Waals surface area contributed by atoms with E-state index in [1.807, 2.05) is 0 Å². The Labute approximate surface area is 119 Å². The third-order valence-corrected chi connectivity index (χ3v) is 2.72. The molecule has 4 nitrogen and oxygen atoms in total. The van der Waals surface area contributed by atoms with E-state index in [1.165, 1.54) is 18.2 Å². The molecule has 0 aliphatic carbocycles. The van der Waals surface area contributed by atoms with Gasteiger partial charge < -0.3 is 9.84 Å². The molecule has 0 unspecified atom stereocenters. The normalized spacial score (nSPS) is 12.1. The number of ketones is 1. The summed E-state index contributed by atoms with van der Waals surface area (Å²) in [7, 11) is 0. The lowest BCUT2D eigenvalue weighted by Crippen LogP contribution is -2.25. The van der Waals surface area contributed by atoms with Crippen molar-refractivity contribution in [2.45, 2.75) is 41.5 Å². The van der Waals surface area contributed by atoms with Gasteiger partial charge in [-0.3, -0.25) is 9.59 Å². The van der Waals surface area contributed by atoms with Crippen LogP contribution in [0.1, 0.15) is 51.9 Å². The van der Waals surface area contributed by atoms with E-state index in [-0.39, 0.29) is 22.8 Å². The third kappa shape index (κ3) is 3.83. The average molecular weight is 278 g/mol. The first-order valence-corrected chi connectivity index (χ1v) is 6.53. The van der Waals surface area contributed by atoms with Gasteiger partial charge in [0, 0.05) is 11.5 Å². The van der Waals surface area contributed by atoms with Crippen LogP contribution in [-0.2, 0) is 4.79 Å². The predicted molar refractivity (Wildman–Crippen MR) is 77.0 cm³/mol. The molecule has 0 heterocycles. The second-order valence-corrected chi connectivity index (χ2v) is 6.90. The Balaban J connectivity index is 3.01. The Morgan fingerprint density at radius 1 is 1.00 bits per heavy atom. The van der Waals surface area contributed by atoms with E-state index >= 15 is 0 Å². The van der Waals surface area contributed by atoms with Gasteiger partial charge in [0.1, 0.15) is 11.5 Å². The monoisotopic (exact) mass is 278 g/mol. The van der Waals surface area contributed by atoms with Crippen LogP contribution in [0.15, 0.2) is 18.2 Å². The number of carbonyl (C=O) groups is 2. The number of phenolic OH excluding ortho intramolecular Hbond substituents is 1. The first kappa shape index (κ1) is 16.2. The van der Waals surface area contributed by atoms with Gasteiger partial charge in [0.25, 0.3) is 0 Å². The summed E-state index contributed by atoms with van der Waals surface area (Å²) in [6.07, 6.45) is 0. The number of hydrogen-bond donors (Lipinski definition) is 1. The van der Waals surface area contributed by atoms with Crippen LogP contribution in [-0.4, -0.2) is 16.9 Å². The van der Waals surface area contributed by atoms with Crippen LogP contribution in [0.4, 0.5) is 0 Å². The highest BCUT2D eigenvalue weighted by atomic mass is 16.5. The lowest BCUT2D eigenvalue weighted by molar-refractivity contribution is -0.142. The van der Waals surface area contributed by atoms with Crippen LogP contribution >= 0.6 is 0 Å². The number of Topliss-reactive ketones (excluding diaryl/α,β-unsaturated/α-hetero) is 1. The Hall–Kier alpha value is -1.84. The summed E-state index contributed by atoms with van der Waals surface area (Å²) in [6, 6.07) is 4.29. The summed E-state index contributed by atoms with van der Waals surface area (Å²) >= 11 is 0. The second kappa shape index (κ2) is 5.27. The molecule has 0 radical (unpaired) electrons. The van der Waals surface area contributed by atoms with Crippen molar-refractivity contribution >= 4 is 11.8 Å². The molecule has 0 saturated heterocycles. The molecule has 0 spiro atoms. The SMILES string of the molecule is CC(C)(C)C(=O)Oc1ccc(C(=O)C(C)(C)C)c(O)c1. The molecule has 0 aromatic heterocycles. The fourth-order valence-corrected chi connectivity index (χ4v) is 1.43. The number of carbonyl (C=O) groups excluding carboxylic acids is 2. The van der Waals surface area contributed by atoms with Gasteiger partial charge in [0.2, 0.25) is 0 Å². The Bertz CT molecular complexity index is 530. The minimum atomic E-state index is -0.629. The Morgan fingerprint density at radius 3 is 1.95 bits per heavy atom. The zero-order valence-corrected chi connectivity index (χ0v) is 12.9. The van der Waals surface area contributed by atoms with Crippen LogP contribution in [0, 0.1) is 10.8 Å². The number of phenols is 1. The topological polar surface area (TPSA) is 63.6 Å². The molecule has 20 heavy (non-hydrogen) atoms. The van der Waals surface area contributed by atoms with Crippen LogP contribution in [0.25, 0.3) is 0 Å². The van der Waals surface area contributed by atoms with E-state index in [1.54, 1.807) is 41.5 Å². The highest BCUT2D eigenvalue weighted by Gasteiger charge is 2.27. The average Bonchev–Trinajstić information content (AvgIpc) is 2.25. The summed E-state index contributed by atoms with van der Waals surface area (Å²) < 4.78 is 5.17. The molecule has 0 atom stereocenters. The van der Waals surface area contributed by atoms with E-state index < -0.39 is 16.8 Å². The maximum Gasteiger partial charge on any atom is 0.316 e. The number of hydrogen-bond acceptors (Lipinski definition) is 4. The number of esters is 1. The Morgan fingerprint density at radius 2 is 1.55 bits per heavy atom. The molecule has 1 aromatic carbocycles. The van der Waals surface area contributed by atoms with Crippen molar-refractivity contribution in [1.29, 1.82) is 0 Å². The molecule has 0 saturated carbocycles. The van der Waals surface area contributed by atoms with Crippen molar-refractivity contribution in [3.8, 4) is 11.5 Å². The van der Waals surface area contributed by atoms with Crippen molar-refractivity contribution in [2.24, 2.45) is 10.8 Å². The maximum atomic E-state index is 12.1. The molecule has 0 amide bonds. The number of rotatable bonds is 2. The molecule has 0 bridgehead atoms. The summed E-state index contributed by atoms with van der Waals surface area (Å²) in [4.78, 5) is 23.9. The minimum absolute atomic E-state index is 0.163. The minimum Gasteiger partial charge on any atom is -0.507 e. The van der Waals surface area contributed by atoms with E-state index in [2.05, 4.69) is 0 Å². The summed E-state index contributed by atoms with van der Waals surface area (Å²) in [5, 5.41) is 9.93. The molecule has 1 aromatic rings. The van der Waals surface area contributed by atoms with Crippen LogP contribution < -0.4 is 4.74 Å². The molecular weight excluding hydrogens is 256 g/mol. The van der Waals surface area contributed by atoms with Crippen molar-refractivity contribution in [1.82, 2.24) is 0 Å². The van der Waals surface area contributed by atoms with Gasteiger partial charge in [-0.15, -0.1) is 0 Å². The predicted octanol–water partition coefficient (Wildman–Crippen LogP) is 3.57. The summed E-state index contributed by atoms with van der Waals surface area (Å²) in [5.41, 5.74) is -0.982. The van der Waals surface area contributed by atoms with Gasteiger partial charge in [0.15, 0.2) is 5.78 Å². The van der Waals surface area contributed by atoms with E-state index in [0.717, 1.165) is 0 Å². The molecule has 0 aliphatic rings. The quantitative estimate of drug-likeness (QED) is 0.510. The highest BCUT2D eigenvalue weighted by Crippen LogP contribution is 2.30. The van der Waals surface area contributed by atoms with E-state index in [4.69, 9.17) is 4.74 Å². The molecule has 0 fully saturated rings. The van der Waals surface area contributed by atoms with Crippen molar-refractivity contribution in [3.63, 3.8) is 0 Å². The highest BCUT2D eigenvalue weighted by molar-refractivity contribution is 6.02. The van der Waals surface area contributed by atoms with Crippen LogP contribution in [0.3, 0.4) is 0 Å². The van der Waals surface area contributed by atoms with Crippen LogP contribution in [0.2, 0.25) is 0 Å². The first-order chi connectivity index (χ1) is 8.93. The number of aromatic hydroxyl groups is 1. The zero-order valence-electron chi connectivity index (χ0n) is 12.9. The molecule has 1 N–H and O–H groups in total. The van der Waals surface area contributed by atoms with Crippen molar-refractivity contribution < 1.29 is 19.4 Å². The lowest BCUT2D eigenvalue weighted by Gasteiger charge is -2.19.